The van der Waals surface area contributed by atoms with Crippen LogP contribution < -0.4 is 14.8 Å². The molecule has 0 bridgehead atoms. The third-order valence-electron chi connectivity index (χ3n) is 4.03. The van der Waals surface area contributed by atoms with E-state index in [9.17, 15) is 8.76 Å². The summed E-state index contributed by atoms with van der Waals surface area (Å²) in [6, 6.07) is 13.3. The first-order valence-electron chi connectivity index (χ1n) is 8.21. The number of methoxy groups -OCH3 is 1. The van der Waals surface area contributed by atoms with Crippen LogP contribution in [0.5, 0.6) is 11.5 Å². The van der Waals surface area contributed by atoms with E-state index in [4.69, 9.17) is 9.47 Å². The summed E-state index contributed by atoms with van der Waals surface area (Å²) in [5, 5.41) is 3.35. The molecule has 0 aliphatic heterocycles. The minimum atomic E-state index is -1.95. The number of hydrogen-bond acceptors (Lipinski definition) is 4. The van der Waals surface area contributed by atoms with Gasteiger partial charge >= 0.3 is 0 Å². The SMILES string of the molecule is COc1ccccc1OCCNCC(C)c1ccc(C)c(S(=O)O)c1. The van der Waals surface area contributed by atoms with Gasteiger partial charge in [0.2, 0.25) is 0 Å². The Morgan fingerprint density at radius 3 is 2.60 bits per heavy atom. The smallest absolute Gasteiger partial charge is 0.186 e. The predicted molar refractivity (Wildman–Crippen MR) is 100.0 cm³/mol. The number of para-hydroxylation sites is 2. The molecule has 0 aromatic heterocycles. The molecule has 0 saturated heterocycles. The average Bonchev–Trinajstić information content (AvgIpc) is 2.61. The molecule has 0 spiro atoms. The molecule has 0 aliphatic rings. The third kappa shape index (κ3) is 5.56. The first kappa shape index (κ1) is 19.4. The molecular formula is C19H25NO4S. The van der Waals surface area contributed by atoms with E-state index in [-0.39, 0.29) is 5.92 Å². The van der Waals surface area contributed by atoms with Gasteiger partial charge in [-0.05, 0) is 42.2 Å². The molecule has 0 amide bonds. The highest BCUT2D eigenvalue weighted by atomic mass is 32.2. The fourth-order valence-electron chi connectivity index (χ4n) is 2.52. The van der Waals surface area contributed by atoms with Crippen molar-refractivity contribution in [2.45, 2.75) is 24.7 Å². The molecule has 0 heterocycles. The standard InChI is InChI=1S/C19H25NO4S/c1-14-8-9-16(12-19(14)25(21)22)15(2)13-20-10-11-24-18-7-5-4-6-17(18)23-3/h4-9,12,15,20H,10-11,13H2,1-3H3,(H,21,22). The Kier molecular flexibility index (Phi) is 7.43. The Morgan fingerprint density at radius 2 is 1.92 bits per heavy atom. The highest BCUT2D eigenvalue weighted by Crippen LogP contribution is 2.25. The summed E-state index contributed by atoms with van der Waals surface area (Å²) in [5.74, 6) is 1.68. The molecule has 0 aliphatic carbocycles. The van der Waals surface area contributed by atoms with Crippen molar-refractivity contribution in [1.29, 1.82) is 0 Å². The third-order valence-corrected chi connectivity index (χ3v) is 4.84. The molecule has 6 heteroatoms. The van der Waals surface area contributed by atoms with Crippen LogP contribution in [0.3, 0.4) is 0 Å². The zero-order valence-corrected chi connectivity index (χ0v) is 15.6. The van der Waals surface area contributed by atoms with Gasteiger partial charge in [0.1, 0.15) is 6.61 Å². The second-order valence-corrected chi connectivity index (χ2v) is 6.82. The van der Waals surface area contributed by atoms with E-state index in [0.717, 1.165) is 29.2 Å². The molecule has 5 nitrogen and oxygen atoms in total. The fraction of sp³-hybridized carbons (Fsp3) is 0.368. The van der Waals surface area contributed by atoms with E-state index >= 15 is 0 Å². The van der Waals surface area contributed by atoms with Crippen LogP contribution >= 0.6 is 0 Å². The number of benzene rings is 2. The van der Waals surface area contributed by atoms with E-state index in [1.807, 2.05) is 49.4 Å². The Labute approximate surface area is 151 Å². The van der Waals surface area contributed by atoms with Crippen LogP contribution in [0.2, 0.25) is 0 Å². The number of aryl methyl sites for hydroxylation is 1. The maximum Gasteiger partial charge on any atom is 0.186 e. The van der Waals surface area contributed by atoms with Crippen molar-refractivity contribution in [3.63, 3.8) is 0 Å². The molecule has 2 atom stereocenters. The van der Waals surface area contributed by atoms with E-state index in [0.29, 0.717) is 18.0 Å². The highest BCUT2D eigenvalue weighted by molar-refractivity contribution is 7.79. The number of ether oxygens (including phenoxy) is 2. The second kappa shape index (κ2) is 9.56. The monoisotopic (exact) mass is 363 g/mol. The molecule has 25 heavy (non-hydrogen) atoms. The molecule has 2 aromatic rings. The van der Waals surface area contributed by atoms with Gasteiger partial charge in [0.05, 0.1) is 12.0 Å². The lowest BCUT2D eigenvalue weighted by Gasteiger charge is -2.15. The van der Waals surface area contributed by atoms with Gasteiger partial charge in [-0.3, -0.25) is 0 Å². The van der Waals surface area contributed by atoms with Crippen LogP contribution in [0.4, 0.5) is 0 Å². The molecule has 0 fully saturated rings. The average molecular weight is 363 g/mol. The molecule has 2 N–H and O–H groups in total. The summed E-state index contributed by atoms with van der Waals surface area (Å²) in [5.41, 5.74) is 1.87. The second-order valence-electron chi connectivity index (χ2n) is 5.88. The molecule has 2 rings (SSSR count). The quantitative estimate of drug-likeness (QED) is 0.528. The van der Waals surface area contributed by atoms with Crippen LogP contribution in [0, 0.1) is 6.92 Å². The fourth-order valence-corrected chi connectivity index (χ4v) is 3.10. The van der Waals surface area contributed by atoms with Gasteiger partial charge in [0.25, 0.3) is 0 Å². The van der Waals surface area contributed by atoms with Crippen molar-refractivity contribution in [2.24, 2.45) is 0 Å². The molecule has 0 saturated carbocycles. The Hall–Kier alpha value is -1.89. The van der Waals surface area contributed by atoms with Crippen LogP contribution in [-0.4, -0.2) is 35.6 Å². The molecule has 0 radical (unpaired) electrons. The van der Waals surface area contributed by atoms with Crippen molar-refractivity contribution in [2.75, 3.05) is 26.8 Å². The van der Waals surface area contributed by atoms with Crippen molar-refractivity contribution < 1.29 is 18.2 Å². The summed E-state index contributed by atoms with van der Waals surface area (Å²) in [6.07, 6.45) is 0. The van der Waals surface area contributed by atoms with E-state index in [2.05, 4.69) is 12.2 Å². The lowest BCUT2D eigenvalue weighted by Crippen LogP contribution is -2.25. The summed E-state index contributed by atoms with van der Waals surface area (Å²) in [4.78, 5) is 0.476. The van der Waals surface area contributed by atoms with Gasteiger partial charge in [-0.25, -0.2) is 4.21 Å². The Morgan fingerprint density at radius 1 is 1.20 bits per heavy atom. The molecule has 136 valence electrons. The summed E-state index contributed by atoms with van der Waals surface area (Å²) >= 11 is -1.95. The van der Waals surface area contributed by atoms with E-state index < -0.39 is 11.1 Å². The van der Waals surface area contributed by atoms with Crippen LogP contribution in [0.15, 0.2) is 47.4 Å². The van der Waals surface area contributed by atoms with Crippen molar-refractivity contribution in [1.82, 2.24) is 5.32 Å². The van der Waals surface area contributed by atoms with Crippen molar-refractivity contribution in [3.8, 4) is 11.5 Å². The normalized spacial score (nSPS) is 13.3. The summed E-state index contributed by atoms with van der Waals surface area (Å²) in [7, 11) is 1.62. The lowest BCUT2D eigenvalue weighted by molar-refractivity contribution is 0.291. The van der Waals surface area contributed by atoms with Gasteiger partial charge in [-0.2, -0.15) is 0 Å². The summed E-state index contributed by atoms with van der Waals surface area (Å²) < 4.78 is 31.7. The maximum absolute atomic E-state index is 11.4. The van der Waals surface area contributed by atoms with Gasteiger partial charge in [-0.1, -0.05) is 31.2 Å². The van der Waals surface area contributed by atoms with Gasteiger partial charge in [0, 0.05) is 13.1 Å². The minimum Gasteiger partial charge on any atom is -0.493 e. The first-order chi connectivity index (χ1) is 12.0. The van der Waals surface area contributed by atoms with Gasteiger partial charge in [0.15, 0.2) is 22.6 Å². The van der Waals surface area contributed by atoms with Crippen molar-refractivity contribution in [3.05, 3.63) is 53.6 Å². The molecular weight excluding hydrogens is 338 g/mol. The summed E-state index contributed by atoms with van der Waals surface area (Å²) in [6.45, 7) is 5.92. The zero-order valence-electron chi connectivity index (χ0n) is 14.8. The van der Waals surface area contributed by atoms with Crippen LogP contribution in [0.1, 0.15) is 24.0 Å². The van der Waals surface area contributed by atoms with Gasteiger partial charge < -0.3 is 19.3 Å². The number of hydrogen-bond donors (Lipinski definition) is 2. The van der Waals surface area contributed by atoms with Gasteiger partial charge in [-0.15, -0.1) is 0 Å². The Bertz CT molecular complexity index is 720. The zero-order chi connectivity index (χ0) is 18.2. The Balaban J connectivity index is 1.80. The molecule has 2 unspecified atom stereocenters. The van der Waals surface area contributed by atoms with Crippen LogP contribution in [-0.2, 0) is 11.1 Å². The maximum atomic E-state index is 11.4. The van der Waals surface area contributed by atoms with Crippen LogP contribution in [0.25, 0.3) is 0 Å². The largest absolute Gasteiger partial charge is 0.493 e. The van der Waals surface area contributed by atoms with Crippen molar-refractivity contribution >= 4 is 11.1 Å². The van der Waals surface area contributed by atoms with E-state index in [1.165, 1.54) is 0 Å². The number of nitrogens with one attached hydrogen (secondary N) is 1. The number of rotatable bonds is 9. The van der Waals surface area contributed by atoms with E-state index in [1.54, 1.807) is 7.11 Å². The first-order valence-corrected chi connectivity index (χ1v) is 9.31. The molecule has 2 aromatic carbocycles. The lowest BCUT2D eigenvalue weighted by atomic mass is 10.00. The minimum absolute atomic E-state index is 0.231. The topological polar surface area (TPSA) is 67.8 Å². The highest BCUT2D eigenvalue weighted by Gasteiger charge is 2.10. The predicted octanol–water partition coefficient (Wildman–Crippen LogP) is 3.36.